The fourth-order valence-electron chi connectivity index (χ4n) is 5.59. The number of allylic oxidation sites excluding steroid dienone is 8. The summed E-state index contributed by atoms with van der Waals surface area (Å²) in [6.45, 7) is 3.18. The zero-order valence-electron chi connectivity index (χ0n) is 25.6. The molecule has 48 heavy (non-hydrogen) atoms. The highest BCUT2D eigenvalue weighted by Crippen LogP contribution is 2.32. The van der Waals surface area contributed by atoms with Gasteiger partial charge in [-0.3, -0.25) is 44.3 Å². The summed E-state index contributed by atoms with van der Waals surface area (Å²) in [6, 6.07) is 6.53. The van der Waals surface area contributed by atoms with E-state index in [4.69, 9.17) is 5.41 Å². The maximum Gasteiger partial charge on any atom is 0.337 e. The molecule has 5 N–H and O–H groups in total. The molecule has 0 radical (unpaired) electrons. The number of hydrogen-bond donors (Lipinski definition) is 5. The van der Waals surface area contributed by atoms with Crippen LogP contribution in [0.1, 0.15) is 73.7 Å². The molecule has 2 aliphatic carbocycles. The Morgan fingerprint density at radius 1 is 0.750 bits per heavy atom. The van der Waals surface area contributed by atoms with Gasteiger partial charge in [-0.05, 0) is 41.5 Å². The van der Waals surface area contributed by atoms with E-state index in [-0.39, 0.29) is 63.6 Å². The minimum Gasteiger partial charge on any atom is -0.478 e. The van der Waals surface area contributed by atoms with Crippen molar-refractivity contribution < 1.29 is 43.5 Å². The molecule has 3 amide bonds. The monoisotopic (exact) mass is 648 g/mol. The molecule has 1 heterocycles. The highest BCUT2D eigenvalue weighted by Gasteiger charge is 2.34. The van der Waals surface area contributed by atoms with E-state index in [9.17, 15) is 43.5 Å². The number of carbonyl (C=O) groups is 8. The summed E-state index contributed by atoms with van der Waals surface area (Å²) in [7, 11) is 0. The van der Waals surface area contributed by atoms with Crippen molar-refractivity contribution in [3.63, 3.8) is 0 Å². The number of Topliss-reactive ketones (excluding diaryl/α,β-unsaturated/α-hetero) is 4. The van der Waals surface area contributed by atoms with Crippen molar-refractivity contribution in [1.29, 1.82) is 5.41 Å². The van der Waals surface area contributed by atoms with E-state index in [1.54, 1.807) is 13.8 Å². The molecule has 13 heteroatoms. The quantitative estimate of drug-likeness (QED) is 0.110. The first kappa shape index (κ1) is 33.0. The second-order valence-corrected chi connectivity index (χ2v) is 11.0. The van der Waals surface area contributed by atoms with Gasteiger partial charge in [0.15, 0.2) is 11.6 Å². The predicted octanol–water partition coefficient (Wildman–Crippen LogP) is 2.82. The van der Waals surface area contributed by atoms with Crippen molar-refractivity contribution in [3.05, 3.63) is 106 Å². The van der Waals surface area contributed by atoms with Gasteiger partial charge in [0.05, 0.1) is 33.6 Å². The van der Waals surface area contributed by atoms with E-state index in [2.05, 4.69) is 16.0 Å². The van der Waals surface area contributed by atoms with E-state index in [1.807, 2.05) is 0 Å². The number of fused-ring (bicyclic) bond motifs is 1. The third-order valence-corrected chi connectivity index (χ3v) is 8.09. The fraction of sp³-hybridized carbons (Fsp3) is 0.171. The molecule has 5 rings (SSSR count). The number of imide groups is 1. The lowest BCUT2D eigenvalue weighted by Gasteiger charge is -2.22. The Kier molecular flexibility index (Phi) is 9.05. The topological polar surface area (TPSA) is 217 Å². The Balaban J connectivity index is 1.62. The van der Waals surface area contributed by atoms with Crippen LogP contribution in [0.15, 0.2) is 78.2 Å². The van der Waals surface area contributed by atoms with Crippen molar-refractivity contribution in [3.8, 4) is 11.1 Å². The summed E-state index contributed by atoms with van der Waals surface area (Å²) >= 11 is 0. The molecule has 0 saturated heterocycles. The molecule has 1 aliphatic heterocycles. The molecule has 0 spiro atoms. The molecule has 2 atom stereocenters. The average Bonchev–Trinajstić information content (AvgIpc) is 3.36. The lowest BCUT2D eigenvalue weighted by Crippen LogP contribution is -2.38. The van der Waals surface area contributed by atoms with E-state index in [0.29, 0.717) is 0 Å². The van der Waals surface area contributed by atoms with Gasteiger partial charge >= 0.3 is 5.97 Å². The van der Waals surface area contributed by atoms with Crippen LogP contribution in [0.2, 0.25) is 0 Å². The van der Waals surface area contributed by atoms with Gasteiger partial charge < -0.3 is 15.7 Å². The highest BCUT2D eigenvalue weighted by molar-refractivity contribution is 6.23. The minimum absolute atomic E-state index is 0.00577. The number of rotatable bonds is 10. The Bertz CT molecular complexity index is 2010. The van der Waals surface area contributed by atoms with Gasteiger partial charge in [0.1, 0.15) is 29.2 Å². The van der Waals surface area contributed by atoms with Crippen molar-refractivity contribution in [2.24, 2.45) is 11.8 Å². The maximum absolute atomic E-state index is 13.8. The second kappa shape index (κ2) is 13.2. The summed E-state index contributed by atoms with van der Waals surface area (Å²) < 4.78 is 0. The van der Waals surface area contributed by atoms with E-state index in [0.717, 1.165) is 0 Å². The Hall–Kier alpha value is -6.37. The number of carboxylic acid groups (broad SMARTS) is 1. The number of benzene rings is 2. The zero-order valence-corrected chi connectivity index (χ0v) is 25.6. The smallest absolute Gasteiger partial charge is 0.337 e. The first-order chi connectivity index (χ1) is 22.9. The SMILES string of the molecule is CCC(=O)C1C=CC=C(NC(=N)c2c(C(=O)NC3=CC=CC(C(=O)CC)C3=O)ccc(-c3ccc4c(c3)C(=O)NC4=O)c2C(=O)O)C1=O. The third-order valence-electron chi connectivity index (χ3n) is 8.09. The van der Waals surface area contributed by atoms with Gasteiger partial charge in [-0.2, -0.15) is 0 Å². The van der Waals surface area contributed by atoms with Crippen LogP contribution < -0.4 is 16.0 Å². The van der Waals surface area contributed by atoms with Crippen LogP contribution in [-0.2, 0) is 19.2 Å². The first-order valence-electron chi connectivity index (χ1n) is 14.9. The maximum atomic E-state index is 13.8. The molecule has 0 fully saturated rings. The molecule has 3 aliphatic rings. The molecule has 2 aromatic rings. The van der Waals surface area contributed by atoms with Gasteiger partial charge in [0, 0.05) is 18.4 Å². The Morgan fingerprint density at radius 2 is 1.29 bits per heavy atom. The van der Waals surface area contributed by atoms with Gasteiger partial charge in [-0.25, -0.2) is 4.79 Å². The largest absolute Gasteiger partial charge is 0.478 e. The number of aromatic carboxylic acids is 1. The number of amides is 3. The normalized spacial score (nSPS) is 18.0. The van der Waals surface area contributed by atoms with E-state index < -0.39 is 64.1 Å². The van der Waals surface area contributed by atoms with Crippen molar-refractivity contribution in [1.82, 2.24) is 16.0 Å². The molecule has 0 aromatic heterocycles. The van der Waals surface area contributed by atoms with Crippen LogP contribution in [0.5, 0.6) is 0 Å². The number of amidine groups is 1. The summed E-state index contributed by atoms with van der Waals surface area (Å²) in [6.07, 6.45) is 8.41. The molecular weight excluding hydrogens is 620 g/mol. The van der Waals surface area contributed by atoms with E-state index >= 15 is 0 Å². The number of carboxylic acids is 1. The van der Waals surface area contributed by atoms with Crippen molar-refractivity contribution >= 4 is 52.7 Å². The van der Waals surface area contributed by atoms with Gasteiger partial charge in [0.2, 0.25) is 0 Å². The lowest BCUT2D eigenvalue weighted by atomic mass is 9.88. The number of ketones is 4. The summed E-state index contributed by atoms with van der Waals surface area (Å²) in [4.78, 5) is 102. The molecule has 242 valence electrons. The molecule has 2 aromatic carbocycles. The number of carbonyl (C=O) groups excluding carboxylic acids is 7. The zero-order chi connectivity index (χ0) is 34.9. The van der Waals surface area contributed by atoms with Crippen LogP contribution in [0.3, 0.4) is 0 Å². The number of nitrogens with one attached hydrogen (secondary N) is 4. The number of hydrogen-bond acceptors (Lipinski definition) is 9. The van der Waals surface area contributed by atoms with Gasteiger partial charge in [0.25, 0.3) is 17.7 Å². The fourth-order valence-corrected chi connectivity index (χ4v) is 5.59. The average molecular weight is 649 g/mol. The highest BCUT2D eigenvalue weighted by atomic mass is 16.4. The molecule has 0 bridgehead atoms. The Labute approximate surface area is 273 Å². The molecule has 0 saturated carbocycles. The molecule has 13 nitrogen and oxygen atoms in total. The van der Waals surface area contributed by atoms with Gasteiger partial charge in [-0.1, -0.05) is 50.3 Å². The molecular formula is C35H28N4O9. The van der Waals surface area contributed by atoms with Crippen LogP contribution in [0.25, 0.3) is 11.1 Å². The standard InChI is InChI=1S/C35H28N4O9/c1-3-25(40)19-7-5-9-23(29(19)42)37-31(36)27-21(33(45)38-24-10-6-8-20(30(24)43)26(41)4-2)14-13-17(28(27)35(47)48)16-11-12-18-22(15-16)34(46)39-32(18)44/h5-15,19-20H,3-4H2,1-2H3,(H2,36,37)(H,38,45)(H,47,48)(H,39,44,46). The summed E-state index contributed by atoms with van der Waals surface area (Å²) in [5, 5.41) is 26.6. The summed E-state index contributed by atoms with van der Waals surface area (Å²) in [5.41, 5.74) is -1.68. The minimum atomic E-state index is -1.59. The van der Waals surface area contributed by atoms with Crippen molar-refractivity contribution in [2.45, 2.75) is 26.7 Å². The predicted molar refractivity (Wildman–Crippen MR) is 170 cm³/mol. The first-order valence-corrected chi connectivity index (χ1v) is 14.9. The Morgan fingerprint density at radius 3 is 1.85 bits per heavy atom. The van der Waals surface area contributed by atoms with Crippen LogP contribution in [0.4, 0.5) is 0 Å². The van der Waals surface area contributed by atoms with Crippen LogP contribution >= 0.6 is 0 Å². The lowest BCUT2D eigenvalue weighted by molar-refractivity contribution is -0.130. The molecule has 2 unspecified atom stereocenters. The van der Waals surface area contributed by atoms with E-state index in [1.165, 1.54) is 66.8 Å². The van der Waals surface area contributed by atoms with Crippen molar-refractivity contribution in [2.75, 3.05) is 0 Å². The summed E-state index contributed by atoms with van der Waals surface area (Å²) in [5.74, 6) is -8.93. The second-order valence-electron chi connectivity index (χ2n) is 11.0. The van der Waals surface area contributed by atoms with Crippen LogP contribution in [-0.4, -0.2) is 57.8 Å². The van der Waals surface area contributed by atoms with Gasteiger partial charge in [-0.15, -0.1) is 0 Å². The third kappa shape index (κ3) is 5.96. The van der Waals surface area contributed by atoms with Crippen LogP contribution in [0, 0.1) is 17.2 Å².